The van der Waals surface area contributed by atoms with Crippen molar-refractivity contribution in [2.75, 3.05) is 17.6 Å². The summed E-state index contributed by atoms with van der Waals surface area (Å²) in [5.41, 5.74) is 5.76. The lowest BCUT2D eigenvalue weighted by molar-refractivity contribution is -0.384. The van der Waals surface area contributed by atoms with Crippen molar-refractivity contribution in [3.05, 3.63) is 28.3 Å². The Hall–Kier alpha value is -1.82. The quantitative estimate of drug-likeness (QED) is 0.418. The van der Waals surface area contributed by atoms with Gasteiger partial charge in [0.25, 0.3) is 5.69 Å². The molecule has 6 nitrogen and oxygen atoms in total. The molecule has 17 heavy (non-hydrogen) atoms. The van der Waals surface area contributed by atoms with E-state index in [4.69, 9.17) is 5.73 Å². The zero-order valence-electron chi connectivity index (χ0n) is 9.35. The van der Waals surface area contributed by atoms with Gasteiger partial charge in [-0.05, 0) is 25.3 Å². The second kappa shape index (κ2) is 4.21. The fourth-order valence-corrected chi connectivity index (χ4v) is 1.87. The lowest BCUT2D eigenvalue weighted by Gasteiger charge is -2.36. The molecule has 0 heterocycles. The summed E-state index contributed by atoms with van der Waals surface area (Å²) in [5.74, 6) is 0. The molecule has 6 heteroatoms. The van der Waals surface area contributed by atoms with Gasteiger partial charge in [-0.25, -0.2) is 0 Å². The highest BCUT2D eigenvalue weighted by Gasteiger charge is 2.33. The molecule has 1 aliphatic carbocycles. The second-order valence-electron chi connectivity index (χ2n) is 4.50. The van der Waals surface area contributed by atoms with Crippen molar-refractivity contribution in [2.45, 2.75) is 24.9 Å². The molecule has 0 spiro atoms. The molecule has 4 N–H and O–H groups in total. The molecule has 0 amide bonds. The smallest absolute Gasteiger partial charge is 0.273 e. The van der Waals surface area contributed by atoms with Crippen molar-refractivity contribution >= 4 is 17.1 Å². The van der Waals surface area contributed by atoms with Gasteiger partial charge in [-0.2, -0.15) is 0 Å². The minimum Gasteiger partial charge on any atom is -0.398 e. The van der Waals surface area contributed by atoms with Crippen LogP contribution in [0.5, 0.6) is 0 Å². The molecule has 1 aliphatic rings. The minimum atomic E-state index is -0.667. The summed E-state index contributed by atoms with van der Waals surface area (Å²) in [7, 11) is 0. The van der Waals surface area contributed by atoms with Crippen molar-refractivity contribution in [3.8, 4) is 0 Å². The van der Waals surface area contributed by atoms with Gasteiger partial charge in [0.1, 0.15) is 0 Å². The SMILES string of the molecule is Nc1cc(NCC2(O)CCC2)cc([N+](=O)[O-])c1. The van der Waals surface area contributed by atoms with Gasteiger partial charge in [-0.3, -0.25) is 10.1 Å². The largest absolute Gasteiger partial charge is 0.398 e. The van der Waals surface area contributed by atoms with E-state index in [1.807, 2.05) is 0 Å². The molecule has 0 radical (unpaired) electrons. The van der Waals surface area contributed by atoms with Crippen LogP contribution in [0.15, 0.2) is 18.2 Å². The fourth-order valence-electron chi connectivity index (χ4n) is 1.87. The van der Waals surface area contributed by atoms with Gasteiger partial charge >= 0.3 is 0 Å². The number of nitro benzene ring substituents is 1. The number of non-ortho nitro benzene ring substituents is 1. The molecule has 2 rings (SSSR count). The number of benzene rings is 1. The van der Waals surface area contributed by atoms with Gasteiger partial charge in [-0.1, -0.05) is 0 Å². The Bertz CT molecular complexity index is 444. The van der Waals surface area contributed by atoms with Gasteiger partial charge in [-0.15, -0.1) is 0 Å². The van der Waals surface area contributed by atoms with Crippen molar-refractivity contribution in [1.82, 2.24) is 0 Å². The highest BCUT2D eigenvalue weighted by atomic mass is 16.6. The van der Waals surface area contributed by atoms with Gasteiger partial charge in [0.05, 0.1) is 10.5 Å². The summed E-state index contributed by atoms with van der Waals surface area (Å²) in [6.07, 6.45) is 2.56. The summed E-state index contributed by atoms with van der Waals surface area (Å²) in [5, 5.41) is 23.5. The first-order chi connectivity index (χ1) is 7.98. The number of rotatable bonds is 4. The zero-order chi connectivity index (χ0) is 12.5. The van der Waals surface area contributed by atoms with E-state index in [2.05, 4.69) is 5.32 Å². The van der Waals surface area contributed by atoms with Gasteiger partial charge in [0.15, 0.2) is 0 Å². The molecule has 92 valence electrons. The monoisotopic (exact) mass is 237 g/mol. The molecule has 1 saturated carbocycles. The predicted molar refractivity (Wildman–Crippen MR) is 64.8 cm³/mol. The number of nitro groups is 1. The number of hydrogen-bond acceptors (Lipinski definition) is 5. The normalized spacial score (nSPS) is 17.2. The lowest BCUT2D eigenvalue weighted by Crippen LogP contribution is -2.43. The average Bonchev–Trinajstić information content (AvgIpc) is 2.23. The fraction of sp³-hybridized carbons (Fsp3) is 0.455. The lowest BCUT2D eigenvalue weighted by atomic mass is 9.80. The highest BCUT2D eigenvalue weighted by molar-refractivity contribution is 5.61. The van der Waals surface area contributed by atoms with E-state index in [0.717, 1.165) is 19.3 Å². The highest BCUT2D eigenvalue weighted by Crippen LogP contribution is 2.32. The summed E-state index contributed by atoms with van der Waals surface area (Å²) in [6.45, 7) is 0.396. The standard InChI is InChI=1S/C11H15N3O3/c12-8-4-9(6-10(5-8)14(16)17)13-7-11(15)2-1-3-11/h4-6,13,15H,1-3,7,12H2. The maximum Gasteiger partial charge on any atom is 0.273 e. The topological polar surface area (TPSA) is 101 Å². The molecule has 0 unspecified atom stereocenters. The second-order valence-corrected chi connectivity index (χ2v) is 4.50. The molecule has 0 atom stereocenters. The Balaban J connectivity index is 2.07. The van der Waals surface area contributed by atoms with Crippen LogP contribution >= 0.6 is 0 Å². The Morgan fingerprint density at radius 1 is 1.47 bits per heavy atom. The first-order valence-electron chi connectivity index (χ1n) is 5.50. The van der Waals surface area contributed by atoms with Crippen LogP contribution in [-0.2, 0) is 0 Å². The molecule has 0 saturated heterocycles. The van der Waals surface area contributed by atoms with Crippen LogP contribution in [0.3, 0.4) is 0 Å². The van der Waals surface area contributed by atoms with Crippen LogP contribution in [0.4, 0.5) is 17.1 Å². The van der Waals surface area contributed by atoms with Gasteiger partial charge in [0.2, 0.25) is 0 Å². The molecule has 1 fully saturated rings. The molecule has 0 aliphatic heterocycles. The van der Waals surface area contributed by atoms with E-state index in [1.54, 1.807) is 6.07 Å². The van der Waals surface area contributed by atoms with E-state index in [1.165, 1.54) is 12.1 Å². The Kier molecular flexibility index (Phi) is 2.89. The first kappa shape index (κ1) is 11.7. The zero-order valence-corrected chi connectivity index (χ0v) is 9.35. The molecular weight excluding hydrogens is 222 g/mol. The number of anilines is 2. The van der Waals surface area contributed by atoms with Crippen LogP contribution in [0.2, 0.25) is 0 Å². The number of hydrogen-bond donors (Lipinski definition) is 3. The van der Waals surface area contributed by atoms with Gasteiger partial charge < -0.3 is 16.2 Å². The van der Waals surface area contributed by atoms with Crippen LogP contribution < -0.4 is 11.1 Å². The van der Waals surface area contributed by atoms with E-state index in [-0.39, 0.29) is 5.69 Å². The summed E-state index contributed by atoms with van der Waals surface area (Å²) < 4.78 is 0. The van der Waals surface area contributed by atoms with Crippen LogP contribution in [0.1, 0.15) is 19.3 Å². The van der Waals surface area contributed by atoms with Crippen molar-refractivity contribution in [1.29, 1.82) is 0 Å². The summed E-state index contributed by atoms with van der Waals surface area (Å²) in [6, 6.07) is 4.34. The van der Waals surface area contributed by atoms with E-state index in [0.29, 0.717) is 17.9 Å². The van der Waals surface area contributed by atoms with Crippen LogP contribution in [-0.4, -0.2) is 22.2 Å². The number of aliphatic hydroxyl groups is 1. The van der Waals surface area contributed by atoms with Crippen LogP contribution in [0, 0.1) is 10.1 Å². The van der Waals surface area contributed by atoms with Gasteiger partial charge in [0, 0.05) is 30.1 Å². The van der Waals surface area contributed by atoms with Crippen molar-refractivity contribution < 1.29 is 10.0 Å². The van der Waals surface area contributed by atoms with Crippen LogP contribution in [0.25, 0.3) is 0 Å². The minimum absolute atomic E-state index is 0.0481. The van der Waals surface area contributed by atoms with Crippen molar-refractivity contribution in [2.24, 2.45) is 0 Å². The molecular formula is C11H15N3O3. The Labute approximate surface area is 98.6 Å². The molecule has 1 aromatic carbocycles. The molecule has 1 aromatic rings. The number of nitrogens with zero attached hydrogens (tertiary/aromatic N) is 1. The third kappa shape index (κ3) is 2.65. The molecule has 0 aromatic heterocycles. The first-order valence-corrected chi connectivity index (χ1v) is 5.50. The number of nitrogens with one attached hydrogen (secondary N) is 1. The Morgan fingerprint density at radius 3 is 2.71 bits per heavy atom. The Morgan fingerprint density at radius 2 is 2.18 bits per heavy atom. The molecule has 0 bridgehead atoms. The number of nitrogen functional groups attached to an aromatic ring is 1. The maximum atomic E-state index is 10.6. The van der Waals surface area contributed by atoms with E-state index < -0.39 is 10.5 Å². The third-order valence-electron chi connectivity index (χ3n) is 3.06. The number of nitrogens with two attached hydrogens (primary N) is 1. The third-order valence-corrected chi connectivity index (χ3v) is 3.06. The maximum absolute atomic E-state index is 10.6. The van der Waals surface area contributed by atoms with Crippen molar-refractivity contribution in [3.63, 3.8) is 0 Å². The average molecular weight is 237 g/mol. The van der Waals surface area contributed by atoms with E-state index >= 15 is 0 Å². The van der Waals surface area contributed by atoms with E-state index in [9.17, 15) is 15.2 Å². The summed E-state index contributed by atoms with van der Waals surface area (Å²) in [4.78, 5) is 10.2. The summed E-state index contributed by atoms with van der Waals surface area (Å²) >= 11 is 0. The predicted octanol–water partition coefficient (Wildman–Crippen LogP) is 1.50.